The van der Waals surface area contributed by atoms with Gasteiger partial charge in [0.2, 0.25) is 0 Å². The summed E-state index contributed by atoms with van der Waals surface area (Å²) in [6, 6.07) is 0. The lowest BCUT2D eigenvalue weighted by Crippen LogP contribution is -2.05. The van der Waals surface area contributed by atoms with E-state index in [1.54, 1.807) is 0 Å². The van der Waals surface area contributed by atoms with E-state index in [0.29, 0.717) is 5.41 Å². The van der Waals surface area contributed by atoms with Gasteiger partial charge in [0.15, 0.2) is 0 Å². The van der Waals surface area contributed by atoms with E-state index in [1.165, 1.54) is 31.2 Å². The van der Waals surface area contributed by atoms with E-state index in [4.69, 9.17) is 24.4 Å². The minimum atomic E-state index is 0.461. The molecule has 0 aliphatic heterocycles. The van der Waals surface area contributed by atoms with Crippen LogP contribution in [0.3, 0.4) is 0 Å². The normalized spacial score (nSPS) is 12.0. The molecule has 0 amide bonds. The molecule has 1 rings (SSSR count). The van der Waals surface area contributed by atoms with Gasteiger partial charge in [0, 0.05) is 7.05 Å². The Kier molecular flexibility index (Phi) is 5.26. The molecular formula is C14H23NS2. The highest BCUT2D eigenvalue weighted by Gasteiger charge is 2.13. The summed E-state index contributed by atoms with van der Waals surface area (Å²) in [5.74, 6) is 0. The predicted octanol–water partition coefficient (Wildman–Crippen LogP) is 5.21. The minimum absolute atomic E-state index is 0.461. The van der Waals surface area contributed by atoms with Crippen LogP contribution < -0.4 is 5.32 Å². The summed E-state index contributed by atoms with van der Waals surface area (Å²) < 4.78 is 1.77. The van der Waals surface area contributed by atoms with Crippen molar-refractivity contribution in [2.45, 2.75) is 52.9 Å². The Hall–Kier alpha value is -0.280. The smallest absolute Gasteiger partial charge is 0.0795 e. The fraction of sp³-hybridized carbons (Fsp3) is 0.714. The molecule has 0 aromatic heterocycles. The summed E-state index contributed by atoms with van der Waals surface area (Å²) in [6.07, 6.45) is 6.20. The van der Waals surface area contributed by atoms with Gasteiger partial charge in [0.25, 0.3) is 0 Å². The van der Waals surface area contributed by atoms with Crippen LogP contribution in [0.2, 0.25) is 0 Å². The standard InChI is InChI=1S/C14H23NS2/c1-14(2,3)9-7-5-6-8-10-11(15-4)13(17)12(10)16/h15H,5-9H2,1-4H3. The van der Waals surface area contributed by atoms with Crippen LogP contribution in [-0.4, -0.2) is 7.05 Å². The summed E-state index contributed by atoms with van der Waals surface area (Å²) in [4.78, 5) is 0. The SMILES string of the molecule is CNc1c(CCCCCC(C)(C)C)c(=S)c1=S. The van der Waals surface area contributed by atoms with Gasteiger partial charge in [-0.15, -0.1) is 0 Å². The van der Waals surface area contributed by atoms with Gasteiger partial charge in [0.05, 0.1) is 14.7 Å². The first-order chi connectivity index (χ1) is 7.87. The van der Waals surface area contributed by atoms with E-state index in [2.05, 4.69) is 26.1 Å². The van der Waals surface area contributed by atoms with Crippen molar-refractivity contribution >= 4 is 30.1 Å². The maximum Gasteiger partial charge on any atom is 0.0795 e. The van der Waals surface area contributed by atoms with Crippen LogP contribution in [0.25, 0.3) is 0 Å². The average Bonchev–Trinajstić information content (AvgIpc) is 2.24. The Morgan fingerprint density at radius 1 is 1.00 bits per heavy atom. The maximum absolute atomic E-state index is 5.27. The van der Waals surface area contributed by atoms with E-state index >= 15 is 0 Å². The molecule has 0 saturated heterocycles. The van der Waals surface area contributed by atoms with E-state index in [0.717, 1.165) is 21.1 Å². The average molecular weight is 269 g/mol. The maximum atomic E-state index is 5.27. The first-order valence-corrected chi connectivity index (χ1v) is 7.18. The summed E-state index contributed by atoms with van der Waals surface area (Å²) in [5, 5.41) is 3.15. The van der Waals surface area contributed by atoms with Gasteiger partial charge in [-0.05, 0) is 30.2 Å². The van der Waals surface area contributed by atoms with Crippen LogP contribution in [-0.2, 0) is 6.42 Å². The molecule has 0 unspecified atom stereocenters. The van der Waals surface area contributed by atoms with Gasteiger partial charge in [-0.25, -0.2) is 0 Å². The van der Waals surface area contributed by atoms with E-state index in [9.17, 15) is 0 Å². The second-order valence-corrected chi connectivity index (χ2v) is 6.70. The van der Waals surface area contributed by atoms with Crippen LogP contribution in [0.1, 0.15) is 52.0 Å². The minimum Gasteiger partial charge on any atom is -0.387 e. The first-order valence-electron chi connectivity index (χ1n) is 6.37. The quantitative estimate of drug-likeness (QED) is 0.562. The van der Waals surface area contributed by atoms with E-state index in [-0.39, 0.29) is 0 Å². The van der Waals surface area contributed by atoms with Crippen LogP contribution in [0.15, 0.2) is 0 Å². The number of nitrogens with one attached hydrogen (secondary N) is 1. The molecule has 0 spiro atoms. The van der Waals surface area contributed by atoms with Gasteiger partial charge in [0.1, 0.15) is 0 Å². The second-order valence-electron chi connectivity index (χ2n) is 5.88. The van der Waals surface area contributed by atoms with Crippen molar-refractivity contribution in [1.29, 1.82) is 0 Å². The van der Waals surface area contributed by atoms with Crippen molar-refractivity contribution in [3.05, 3.63) is 14.6 Å². The fourth-order valence-corrected chi connectivity index (χ4v) is 2.73. The topological polar surface area (TPSA) is 12.0 Å². The highest BCUT2D eigenvalue weighted by atomic mass is 32.1. The summed E-state index contributed by atoms with van der Waals surface area (Å²) in [7, 11) is 1.92. The van der Waals surface area contributed by atoms with Gasteiger partial charge in [-0.2, -0.15) is 0 Å². The molecule has 0 aliphatic rings. The number of hydrogen-bond donors (Lipinski definition) is 1. The lowest BCUT2D eigenvalue weighted by atomic mass is 9.89. The van der Waals surface area contributed by atoms with Gasteiger partial charge >= 0.3 is 0 Å². The molecule has 1 aromatic rings. The van der Waals surface area contributed by atoms with Crippen LogP contribution >= 0.6 is 24.4 Å². The number of hydrogen-bond acceptors (Lipinski definition) is 3. The monoisotopic (exact) mass is 269 g/mol. The molecule has 0 saturated carbocycles. The molecule has 17 heavy (non-hydrogen) atoms. The van der Waals surface area contributed by atoms with Crippen molar-refractivity contribution in [2.24, 2.45) is 5.41 Å². The first kappa shape index (κ1) is 14.8. The molecule has 96 valence electrons. The summed E-state index contributed by atoms with van der Waals surface area (Å²) in [5.41, 5.74) is 2.85. The van der Waals surface area contributed by atoms with Crippen LogP contribution in [0.5, 0.6) is 0 Å². The third kappa shape index (κ3) is 4.14. The van der Waals surface area contributed by atoms with Crippen molar-refractivity contribution in [2.75, 3.05) is 12.4 Å². The number of unbranched alkanes of at least 4 members (excludes halogenated alkanes) is 2. The Morgan fingerprint density at radius 3 is 2.18 bits per heavy atom. The molecule has 0 bridgehead atoms. The highest BCUT2D eigenvalue weighted by molar-refractivity contribution is 7.74. The van der Waals surface area contributed by atoms with E-state index in [1.807, 2.05) is 7.05 Å². The summed E-state index contributed by atoms with van der Waals surface area (Å²) >= 11 is 10.5. The number of rotatable bonds is 6. The zero-order valence-electron chi connectivity index (χ0n) is 11.4. The third-order valence-electron chi connectivity index (χ3n) is 3.11. The van der Waals surface area contributed by atoms with Crippen molar-refractivity contribution in [3.8, 4) is 0 Å². The fourth-order valence-electron chi connectivity index (χ4n) is 2.08. The van der Waals surface area contributed by atoms with Crippen LogP contribution in [0.4, 0.5) is 5.69 Å². The van der Waals surface area contributed by atoms with Crippen molar-refractivity contribution < 1.29 is 0 Å². The molecule has 1 aromatic carbocycles. The molecule has 0 radical (unpaired) electrons. The Balaban J connectivity index is 2.30. The molecule has 0 aliphatic carbocycles. The molecule has 0 atom stereocenters. The summed E-state index contributed by atoms with van der Waals surface area (Å²) in [6.45, 7) is 6.90. The Morgan fingerprint density at radius 2 is 1.65 bits per heavy atom. The molecule has 3 heteroatoms. The molecule has 1 nitrogen and oxygen atoms in total. The zero-order chi connectivity index (χ0) is 13.1. The highest BCUT2D eigenvalue weighted by Crippen LogP contribution is 2.28. The lowest BCUT2D eigenvalue weighted by Gasteiger charge is -2.18. The molecular weight excluding hydrogens is 246 g/mol. The van der Waals surface area contributed by atoms with Crippen molar-refractivity contribution in [3.63, 3.8) is 0 Å². The number of anilines is 1. The van der Waals surface area contributed by atoms with Gasteiger partial charge in [-0.1, -0.05) is 58.0 Å². The van der Waals surface area contributed by atoms with Gasteiger partial charge in [-0.3, -0.25) is 0 Å². The Labute approximate surface area is 115 Å². The van der Waals surface area contributed by atoms with E-state index < -0.39 is 0 Å². The molecule has 0 heterocycles. The largest absolute Gasteiger partial charge is 0.387 e. The predicted molar refractivity (Wildman–Crippen MR) is 81.7 cm³/mol. The molecule has 1 N–H and O–H groups in total. The Bertz CT molecular complexity index is 434. The molecule has 0 fully saturated rings. The second kappa shape index (κ2) is 6.05. The van der Waals surface area contributed by atoms with Crippen molar-refractivity contribution in [1.82, 2.24) is 0 Å². The third-order valence-corrected chi connectivity index (χ3v) is 4.10. The van der Waals surface area contributed by atoms with Gasteiger partial charge < -0.3 is 5.32 Å². The zero-order valence-corrected chi connectivity index (χ0v) is 13.0. The van der Waals surface area contributed by atoms with Crippen LogP contribution in [0, 0.1) is 14.4 Å². The lowest BCUT2D eigenvalue weighted by molar-refractivity contribution is 0.358.